The number of hydrogen-bond donors (Lipinski definition) is 3. The van der Waals surface area contributed by atoms with Crippen molar-refractivity contribution in [1.29, 1.82) is 10.8 Å². The van der Waals surface area contributed by atoms with E-state index in [1.807, 2.05) is 19.2 Å². The molecule has 1 saturated heterocycles. The number of allylic oxidation sites excluding steroid dienone is 1. The fourth-order valence-electron chi connectivity index (χ4n) is 4.22. The van der Waals surface area contributed by atoms with Gasteiger partial charge in [-0.05, 0) is 70.2 Å². The van der Waals surface area contributed by atoms with Crippen LogP contribution in [0.4, 0.5) is 0 Å². The molecule has 3 N–H and O–H groups in total. The van der Waals surface area contributed by atoms with E-state index >= 15 is 0 Å². The van der Waals surface area contributed by atoms with E-state index < -0.39 is 0 Å². The number of benzene rings is 1. The summed E-state index contributed by atoms with van der Waals surface area (Å²) in [7, 11) is 2.00. The Hall–Kier alpha value is -1.98. The van der Waals surface area contributed by atoms with E-state index in [0.29, 0.717) is 17.6 Å². The second-order valence-corrected chi connectivity index (χ2v) is 9.93. The maximum atomic E-state index is 8.48. The van der Waals surface area contributed by atoms with Gasteiger partial charge in [0, 0.05) is 28.9 Å². The van der Waals surface area contributed by atoms with Crippen molar-refractivity contribution in [1.82, 2.24) is 10.2 Å². The van der Waals surface area contributed by atoms with E-state index in [-0.39, 0.29) is 11.1 Å². The molecule has 2 aromatic rings. The first-order valence-electron chi connectivity index (χ1n) is 9.43. The summed E-state index contributed by atoms with van der Waals surface area (Å²) in [4.78, 5) is 2.99. The molecule has 0 saturated carbocycles. The van der Waals surface area contributed by atoms with Crippen molar-refractivity contribution in [2.24, 2.45) is 0 Å². The minimum atomic E-state index is 0.0501. The van der Waals surface area contributed by atoms with Gasteiger partial charge in [-0.15, -0.1) is 11.3 Å². The molecule has 0 unspecified atom stereocenters. The molecule has 5 heteroatoms. The molecule has 3 rings (SSSR count). The summed E-state index contributed by atoms with van der Waals surface area (Å²) < 4.78 is 1.19. The van der Waals surface area contributed by atoms with Crippen LogP contribution in [-0.2, 0) is 0 Å². The Bertz CT molecular complexity index is 842. The van der Waals surface area contributed by atoms with E-state index in [1.165, 1.54) is 10.1 Å². The van der Waals surface area contributed by atoms with Crippen molar-refractivity contribution in [3.05, 3.63) is 47.4 Å². The van der Waals surface area contributed by atoms with Crippen molar-refractivity contribution in [2.45, 2.75) is 57.7 Å². The summed E-state index contributed by atoms with van der Waals surface area (Å²) in [6.45, 7) is 8.91. The van der Waals surface area contributed by atoms with E-state index in [9.17, 15) is 0 Å². The molecule has 0 amide bonds. The number of nitrogens with one attached hydrogen (secondary N) is 3. The average molecular weight is 383 g/mol. The highest BCUT2D eigenvalue weighted by molar-refractivity contribution is 7.21. The van der Waals surface area contributed by atoms with Gasteiger partial charge in [-0.3, -0.25) is 10.8 Å². The summed E-state index contributed by atoms with van der Waals surface area (Å²) in [6.07, 6.45) is 5.50. The number of thiophene rings is 1. The zero-order valence-electron chi connectivity index (χ0n) is 16.9. The lowest BCUT2D eigenvalue weighted by Gasteiger charge is -2.49. The van der Waals surface area contributed by atoms with Crippen LogP contribution in [0.25, 0.3) is 10.1 Å². The standard InChI is InChI=1S/C22H30N4S/c1-21(2)13-16(14-22(3,4)25-21)26(5)20(24)11-10-17(23)19-12-15-8-6-7-9-18(15)27-19/h6-12,16,23-25H,13-14H2,1-5H3/b11-10-,23-17?,24-20?. The monoisotopic (exact) mass is 382 g/mol. The molecule has 0 aliphatic carbocycles. The molecule has 2 heterocycles. The van der Waals surface area contributed by atoms with Gasteiger partial charge in [-0.1, -0.05) is 18.2 Å². The Kier molecular flexibility index (Phi) is 5.28. The lowest BCUT2D eigenvalue weighted by molar-refractivity contribution is 0.114. The van der Waals surface area contributed by atoms with Crippen LogP contribution in [0.1, 0.15) is 45.4 Å². The van der Waals surface area contributed by atoms with Gasteiger partial charge in [0.15, 0.2) is 0 Å². The topological polar surface area (TPSA) is 63.0 Å². The molecule has 1 fully saturated rings. The van der Waals surface area contributed by atoms with Crippen LogP contribution in [0.5, 0.6) is 0 Å². The first-order chi connectivity index (χ1) is 12.6. The van der Waals surface area contributed by atoms with Gasteiger partial charge in [0.25, 0.3) is 0 Å². The maximum Gasteiger partial charge on any atom is 0.120 e. The first-order valence-corrected chi connectivity index (χ1v) is 10.2. The number of nitrogens with zero attached hydrogens (tertiary/aromatic N) is 1. The number of likely N-dealkylation sites (N-methyl/N-ethyl adjacent to an activating group) is 1. The predicted octanol–water partition coefficient (Wildman–Crippen LogP) is 5.04. The van der Waals surface area contributed by atoms with E-state index in [1.54, 1.807) is 23.5 Å². The summed E-state index contributed by atoms with van der Waals surface area (Å²) >= 11 is 1.62. The molecule has 0 atom stereocenters. The largest absolute Gasteiger partial charge is 0.357 e. The minimum Gasteiger partial charge on any atom is -0.357 e. The summed E-state index contributed by atoms with van der Waals surface area (Å²) in [5, 5.41) is 21.7. The number of hydrogen-bond acceptors (Lipinski definition) is 4. The third-order valence-corrected chi connectivity index (χ3v) is 6.34. The van der Waals surface area contributed by atoms with E-state index in [0.717, 1.165) is 17.7 Å². The molecule has 1 aliphatic heterocycles. The van der Waals surface area contributed by atoms with E-state index in [2.05, 4.69) is 56.1 Å². The van der Waals surface area contributed by atoms with Crippen LogP contribution in [-0.4, -0.2) is 40.6 Å². The first kappa shape index (κ1) is 19.8. The van der Waals surface area contributed by atoms with Gasteiger partial charge in [0.2, 0.25) is 0 Å². The Morgan fingerprint density at radius 2 is 1.74 bits per heavy atom. The molecule has 0 radical (unpaired) electrons. The van der Waals surface area contributed by atoms with E-state index in [4.69, 9.17) is 10.8 Å². The maximum absolute atomic E-state index is 8.48. The molecule has 0 spiro atoms. The molecule has 4 nitrogen and oxygen atoms in total. The van der Waals surface area contributed by atoms with Crippen molar-refractivity contribution in [3.63, 3.8) is 0 Å². The van der Waals surface area contributed by atoms with Crippen molar-refractivity contribution in [2.75, 3.05) is 7.05 Å². The van der Waals surface area contributed by atoms with Crippen LogP contribution >= 0.6 is 11.3 Å². The Balaban J connectivity index is 1.69. The number of piperidine rings is 1. The second-order valence-electron chi connectivity index (χ2n) is 8.85. The van der Waals surface area contributed by atoms with Gasteiger partial charge in [-0.25, -0.2) is 0 Å². The molecule has 1 aromatic heterocycles. The Morgan fingerprint density at radius 1 is 1.11 bits per heavy atom. The van der Waals surface area contributed by atoms with Crippen LogP contribution < -0.4 is 5.32 Å². The third-order valence-electron chi connectivity index (χ3n) is 5.20. The smallest absolute Gasteiger partial charge is 0.120 e. The molecule has 1 aliphatic rings. The number of amidine groups is 1. The van der Waals surface area contributed by atoms with Crippen molar-refractivity contribution >= 4 is 33.0 Å². The number of fused-ring (bicyclic) bond motifs is 1. The second kappa shape index (κ2) is 7.21. The zero-order chi connectivity index (χ0) is 19.8. The highest BCUT2D eigenvalue weighted by Gasteiger charge is 2.39. The SMILES string of the molecule is CN(C(=N)/C=C\C(=N)c1cc2ccccc2s1)C1CC(C)(C)NC(C)(C)C1. The Morgan fingerprint density at radius 3 is 2.37 bits per heavy atom. The van der Waals surface area contributed by atoms with Crippen molar-refractivity contribution in [3.8, 4) is 0 Å². The fraction of sp³-hybridized carbons (Fsp3) is 0.455. The van der Waals surface area contributed by atoms with Crippen LogP contribution in [0.15, 0.2) is 42.5 Å². The molecular weight excluding hydrogens is 352 g/mol. The molecule has 1 aromatic carbocycles. The average Bonchev–Trinajstić information content (AvgIpc) is 3.00. The van der Waals surface area contributed by atoms with Gasteiger partial charge < -0.3 is 10.2 Å². The predicted molar refractivity (Wildman–Crippen MR) is 118 cm³/mol. The fourth-order valence-corrected chi connectivity index (χ4v) is 5.21. The molecule has 144 valence electrons. The lowest BCUT2D eigenvalue weighted by Crippen LogP contribution is -2.62. The minimum absolute atomic E-state index is 0.0501. The van der Waals surface area contributed by atoms with Gasteiger partial charge in [0.05, 0.1) is 10.6 Å². The summed E-state index contributed by atoms with van der Waals surface area (Å²) in [5.41, 5.74) is 0.559. The van der Waals surface area contributed by atoms with Gasteiger partial charge in [-0.2, -0.15) is 0 Å². The Labute approximate surface area is 166 Å². The summed E-state index contributed by atoms with van der Waals surface area (Å²) in [5.74, 6) is 0.458. The van der Waals surface area contributed by atoms with Crippen LogP contribution in [0.2, 0.25) is 0 Å². The summed E-state index contributed by atoms with van der Waals surface area (Å²) in [6, 6.07) is 10.6. The highest BCUT2D eigenvalue weighted by atomic mass is 32.1. The quantitative estimate of drug-likeness (QED) is 0.512. The van der Waals surface area contributed by atoms with Gasteiger partial charge in [0.1, 0.15) is 5.84 Å². The van der Waals surface area contributed by atoms with Crippen molar-refractivity contribution < 1.29 is 0 Å². The lowest BCUT2D eigenvalue weighted by atomic mass is 9.79. The highest BCUT2D eigenvalue weighted by Crippen LogP contribution is 2.31. The molecule has 0 bridgehead atoms. The molecular formula is C22H30N4S. The number of rotatable bonds is 4. The van der Waals surface area contributed by atoms with Gasteiger partial charge >= 0.3 is 0 Å². The normalized spacial score (nSPS) is 19.4. The zero-order valence-corrected chi connectivity index (χ0v) is 17.7. The third kappa shape index (κ3) is 4.66. The molecule has 27 heavy (non-hydrogen) atoms. The van der Waals surface area contributed by atoms with Crippen LogP contribution in [0.3, 0.4) is 0 Å². The van der Waals surface area contributed by atoms with Crippen LogP contribution in [0, 0.1) is 10.8 Å².